The molecule has 1 unspecified atom stereocenters. The van der Waals surface area contributed by atoms with Gasteiger partial charge in [-0.3, -0.25) is 29.0 Å². The molecule has 162 valence electrons. The van der Waals surface area contributed by atoms with Crippen molar-refractivity contribution in [1.82, 2.24) is 9.55 Å². The van der Waals surface area contributed by atoms with E-state index in [0.717, 1.165) is 10.8 Å². The van der Waals surface area contributed by atoms with Crippen LogP contribution in [0, 0.1) is 17.0 Å². The normalized spacial score (nSPS) is 26.6. The Bertz CT molecular complexity index is 1110. The highest BCUT2D eigenvalue weighted by Gasteiger charge is 2.65. The number of hydrogen-bond donors (Lipinski definition) is 4. The van der Waals surface area contributed by atoms with Crippen molar-refractivity contribution in [3.63, 3.8) is 0 Å². The molecular weight excluding hydrogens is 425 g/mol. The van der Waals surface area contributed by atoms with Crippen molar-refractivity contribution in [2.75, 3.05) is 6.61 Å². The summed E-state index contributed by atoms with van der Waals surface area (Å²) in [7, 11) is -4.97. The van der Waals surface area contributed by atoms with Gasteiger partial charge in [0.15, 0.2) is 6.10 Å². The van der Waals surface area contributed by atoms with Crippen LogP contribution in [0.2, 0.25) is 0 Å². The number of H-pyrrole nitrogens is 1. The van der Waals surface area contributed by atoms with Gasteiger partial charge in [-0.1, -0.05) is 30.3 Å². The molecule has 0 saturated carbocycles. The number of nitrogens with zero attached hydrogens (tertiary/aromatic N) is 2. The first-order chi connectivity index (χ1) is 14.0. The standard InChI is InChI=1S/C16H18N3O10P/c1-9-7-18(15(22)17-14(9)21)16(10-5-3-2-4-6-10)13(19(23)24)12(20)11(29-16)8-28-30(25,26)27/h2-7,11-13,20H,8H2,1H3,(H,17,21,22)(H2,25,26,27)/t11-,12-,13?,16-/m1/s1. The van der Waals surface area contributed by atoms with Crippen molar-refractivity contribution in [2.45, 2.75) is 30.9 Å². The third-order valence-corrected chi connectivity index (χ3v) is 5.22. The number of nitrogens with one attached hydrogen (secondary N) is 1. The fourth-order valence-corrected chi connectivity index (χ4v) is 3.78. The van der Waals surface area contributed by atoms with Crippen LogP contribution >= 0.6 is 7.82 Å². The number of phosphoric ester groups is 1. The topological polar surface area (TPSA) is 194 Å². The van der Waals surface area contributed by atoms with Crippen molar-refractivity contribution < 1.29 is 33.6 Å². The second kappa shape index (κ2) is 7.87. The molecule has 13 nitrogen and oxygen atoms in total. The predicted molar refractivity (Wildman–Crippen MR) is 99.2 cm³/mol. The zero-order valence-electron chi connectivity index (χ0n) is 15.4. The molecular formula is C16H18N3O10P. The second-order valence-corrected chi connectivity index (χ2v) is 7.91. The van der Waals surface area contributed by atoms with Crippen LogP contribution in [0.3, 0.4) is 0 Å². The lowest BCUT2D eigenvalue weighted by molar-refractivity contribution is -0.549. The maximum absolute atomic E-state index is 12.6. The van der Waals surface area contributed by atoms with E-state index in [1.54, 1.807) is 6.07 Å². The average molecular weight is 443 g/mol. The van der Waals surface area contributed by atoms with Crippen molar-refractivity contribution in [1.29, 1.82) is 0 Å². The van der Waals surface area contributed by atoms with Crippen LogP contribution in [0.5, 0.6) is 0 Å². The fraction of sp³-hybridized carbons (Fsp3) is 0.375. The van der Waals surface area contributed by atoms with E-state index in [1.165, 1.54) is 31.2 Å². The highest BCUT2D eigenvalue weighted by Crippen LogP contribution is 2.44. The van der Waals surface area contributed by atoms with Crippen molar-refractivity contribution in [3.05, 3.63) is 78.6 Å². The zero-order valence-corrected chi connectivity index (χ0v) is 16.3. The number of ether oxygens (including phenoxy) is 1. The molecule has 0 bridgehead atoms. The summed E-state index contributed by atoms with van der Waals surface area (Å²) in [5.74, 6) is 0. The number of aryl methyl sites for hydroxylation is 1. The number of benzene rings is 1. The predicted octanol–water partition coefficient (Wildman–Crippen LogP) is -0.940. The van der Waals surface area contributed by atoms with E-state index in [0.29, 0.717) is 0 Å². The molecule has 1 aliphatic rings. The van der Waals surface area contributed by atoms with Gasteiger partial charge in [-0.15, -0.1) is 0 Å². The summed E-state index contributed by atoms with van der Waals surface area (Å²) in [6.07, 6.45) is -2.43. The zero-order chi connectivity index (χ0) is 22.3. The minimum atomic E-state index is -4.97. The lowest BCUT2D eigenvalue weighted by atomic mass is 9.92. The minimum Gasteiger partial charge on any atom is -0.383 e. The summed E-state index contributed by atoms with van der Waals surface area (Å²) in [5, 5.41) is 22.6. The van der Waals surface area contributed by atoms with Gasteiger partial charge in [-0.05, 0) is 6.92 Å². The van der Waals surface area contributed by atoms with Crippen molar-refractivity contribution in [2.24, 2.45) is 0 Å². The third kappa shape index (κ3) is 3.86. The SMILES string of the molecule is Cc1cn([C@]2(c3ccccc3)O[C@H](COP(=O)(O)O)[C@@H](O)C2[N+](=O)[O-])c(=O)[nH]c1=O. The average Bonchev–Trinajstić information content (AvgIpc) is 2.96. The first kappa shape index (κ1) is 22.0. The fourth-order valence-electron chi connectivity index (χ4n) is 3.44. The minimum absolute atomic E-state index is 0.0417. The third-order valence-electron chi connectivity index (χ3n) is 4.74. The molecule has 2 aromatic rings. The van der Waals surface area contributed by atoms with Gasteiger partial charge in [0, 0.05) is 22.2 Å². The molecule has 1 fully saturated rings. The van der Waals surface area contributed by atoms with Crippen molar-refractivity contribution >= 4 is 7.82 Å². The van der Waals surface area contributed by atoms with Crippen LogP contribution in [-0.2, 0) is 19.6 Å². The number of aromatic amines is 1. The number of hydrogen-bond acceptors (Lipinski definition) is 8. The Hall–Kier alpha value is -2.67. The van der Waals surface area contributed by atoms with Crippen LogP contribution in [0.25, 0.3) is 0 Å². The second-order valence-electron chi connectivity index (χ2n) is 6.67. The van der Waals surface area contributed by atoms with E-state index in [2.05, 4.69) is 4.52 Å². The smallest absolute Gasteiger partial charge is 0.383 e. The van der Waals surface area contributed by atoms with E-state index in [-0.39, 0.29) is 11.1 Å². The maximum atomic E-state index is 12.6. The van der Waals surface area contributed by atoms with Gasteiger partial charge in [-0.2, -0.15) is 0 Å². The largest absolute Gasteiger partial charge is 0.469 e. The van der Waals surface area contributed by atoms with Crippen LogP contribution in [0.15, 0.2) is 46.1 Å². The summed E-state index contributed by atoms with van der Waals surface area (Å²) in [5.41, 5.74) is -3.85. The number of aliphatic hydroxyl groups is 1. The number of rotatable bonds is 6. The lowest BCUT2D eigenvalue weighted by Crippen LogP contribution is -2.55. The molecule has 2 heterocycles. The number of nitro groups is 1. The Labute approximate surface area is 167 Å². The summed E-state index contributed by atoms with van der Waals surface area (Å²) in [4.78, 5) is 55.4. The van der Waals surface area contributed by atoms with Gasteiger partial charge < -0.3 is 19.6 Å². The Kier molecular flexibility index (Phi) is 5.78. The summed E-state index contributed by atoms with van der Waals surface area (Å²) >= 11 is 0. The van der Waals surface area contributed by atoms with Gasteiger partial charge in [0.2, 0.25) is 5.72 Å². The number of aliphatic hydroxyl groups excluding tert-OH is 1. The molecule has 4 N–H and O–H groups in total. The van der Waals surface area contributed by atoms with E-state index >= 15 is 0 Å². The molecule has 0 radical (unpaired) electrons. The Morgan fingerprint density at radius 2 is 1.97 bits per heavy atom. The molecule has 1 aliphatic heterocycles. The molecule has 14 heteroatoms. The monoisotopic (exact) mass is 443 g/mol. The van der Waals surface area contributed by atoms with Gasteiger partial charge in [0.05, 0.1) is 6.61 Å². The quantitative estimate of drug-likeness (QED) is 0.246. The van der Waals surface area contributed by atoms with Gasteiger partial charge in [0.1, 0.15) is 6.10 Å². The number of phosphoric acid groups is 1. The highest BCUT2D eigenvalue weighted by atomic mass is 31.2. The van der Waals surface area contributed by atoms with E-state index < -0.39 is 54.6 Å². The van der Waals surface area contributed by atoms with Crippen LogP contribution in [-0.4, -0.2) is 54.2 Å². The first-order valence-electron chi connectivity index (χ1n) is 8.55. The Morgan fingerprint density at radius 3 is 2.53 bits per heavy atom. The molecule has 4 atom stereocenters. The first-order valence-corrected chi connectivity index (χ1v) is 10.1. The molecule has 0 aliphatic carbocycles. The van der Waals surface area contributed by atoms with E-state index in [4.69, 9.17) is 14.5 Å². The molecule has 1 aromatic carbocycles. The summed E-state index contributed by atoms with van der Waals surface area (Å²) < 4.78 is 22.0. The molecule has 0 spiro atoms. The lowest BCUT2D eigenvalue weighted by Gasteiger charge is -2.32. The highest BCUT2D eigenvalue weighted by molar-refractivity contribution is 7.46. The maximum Gasteiger partial charge on any atom is 0.469 e. The molecule has 1 aromatic heterocycles. The molecule has 30 heavy (non-hydrogen) atoms. The van der Waals surface area contributed by atoms with E-state index in [9.17, 15) is 29.4 Å². The van der Waals surface area contributed by atoms with Gasteiger partial charge >= 0.3 is 13.5 Å². The molecule has 1 saturated heterocycles. The number of aromatic nitrogens is 2. The van der Waals surface area contributed by atoms with Crippen LogP contribution in [0.4, 0.5) is 0 Å². The summed E-state index contributed by atoms with van der Waals surface area (Å²) in [6.45, 7) is 0.482. The van der Waals surface area contributed by atoms with Gasteiger partial charge in [-0.25, -0.2) is 9.36 Å². The Morgan fingerprint density at radius 1 is 1.33 bits per heavy atom. The molecule has 3 rings (SSSR count). The molecule has 0 amide bonds. The van der Waals surface area contributed by atoms with Crippen molar-refractivity contribution in [3.8, 4) is 0 Å². The van der Waals surface area contributed by atoms with Gasteiger partial charge in [0.25, 0.3) is 11.6 Å². The summed E-state index contributed by atoms with van der Waals surface area (Å²) in [6, 6.07) is 5.51. The van der Waals surface area contributed by atoms with E-state index in [1.807, 2.05) is 4.98 Å². The van der Waals surface area contributed by atoms with Crippen LogP contribution in [0.1, 0.15) is 11.1 Å². The van der Waals surface area contributed by atoms with Crippen LogP contribution < -0.4 is 11.2 Å². The Balaban J connectivity index is 2.27.